The Morgan fingerprint density at radius 3 is 2.95 bits per heavy atom. The van der Waals surface area contributed by atoms with Crippen LogP contribution in [0.15, 0.2) is 36.7 Å². The van der Waals surface area contributed by atoms with Crippen molar-refractivity contribution in [3.8, 4) is 22.8 Å². The van der Waals surface area contributed by atoms with Gasteiger partial charge in [0.25, 0.3) is 0 Å². The van der Waals surface area contributed by atoms with Gasteiger partial charge < -0.3 is 14.8 Å². The van der Waals surface area contributed by atoms with Gasteiger partial charge in [0.1, 0.15) is 5.82 Å². The standard InChI is InChI=1S/C16H12N4O2/c1-2-10(7-17-3-1)18-16-12-4-9-5-13-14(22-8-21-13)6-11(9)15(12)19-20-16/h1-3,5-7H,4,8H2,(H2,18,19,20). The zero-order valence-corrected chi connectivity index (χ0v) is 11.6. The second-order valence-corrected chi connectivity index (χ2v) is 5.33. The fraction of sp³-hybridized carbons (Fsp3) is 0.125. The van der Waals surface area contributed by atoms with Gasteiger partial charge in [-0.05, 0) is 29.8 Å². The number of hydrogen-bond donors (Lipinski definition) is 2. The van der Waals surface area contributed by atoms with Gasteiger partial charge in [-0.3, -0.25) is 10.1 Å². The molecule has 22 heavy (non-hydrogen) atoms. The number of benzene rings is 1. The van der Waals surface area contributed by atoms with E-state index in [-0.39, 0.29) is 0 Å². The number of pyridine rings is 1. The molecule has 0 saturated heterocycles. The summed E-state index contributed by atoms with van der Waals surface area (Å²) in [5.74, 6) is 2.51. The van der Waals surface area contributed by atoms with Gasteiger partial charge in [0.05, 0.1) is 17.6 Å². The monoisotopic (exact) mass is 292 g/mol. The Kier molecular flexibility index (Phi) is 2.24. The van der Waals surface area contributed by atoms with E-state index in [1.54, 1.807) is 12.4 Å². The van der Waals surface area contributed by atoms with E-state index in [4.69, 9.17) is 9.47 Å². The molecule has 3 heterocycles. The maximum Gasteiger partial charge on any atom is 0.231 e. The van der Waals surface area contributed by atoms with E-state index in [0.717, 1.165) is 46.2 Å². The third kappa shape index (κ3) is 1.60. The minimum absolute atomic E-state index is 0.291. The highest BCUT2D eigenvalue weighted by atomic mass is 16.7. The molecule has 6 heteroatoms. The molecule has 3 aromatic rings. The quantitative estimate of drug-likeness (QED) is 0.594. The molecule has 5 rings (SSSR count). The highest BCUT2D eigenvalue weighted by molar-refractivity contribution is 5.81. The molecule has 0 fully saturated rings. The topological polar surface area (TPSA) is 72.1 Å². The van der Waals surface area contributed by atoms with Gasteiger partial charge in [0, 0.05) is 23.7 Å². The Hall–Kier alpha value is -3.02. The van der Waals surface area contributed by atoms with Crippen LogP contribution >= 0.6 is 0 Å². The SMILES string of the molecule is c1cncc(Nc2[nH]nc3c2Cc2cc4c(cc2-3)OCO4)c1. The number of nitrogens with one attached hydrogen (secondary N) is 2. The Morgan fingerprint density at radius 2 is 2.09 bits per heavy atom. The van der Waals surface area contributed by atoms with E-state index in [9.17, 15) is 0 Å². The number of aromatic nitrogens is 3. The van der Waals surface area contributed by atoms with Crippen LogP contribution in [0.4, 0.5) is 11.5 Å². The predicted molar refractivity (Wildman–Crippen MR) is 80.5 cm³/mol. The van der Waals surface area contributed by atoms with Crippen LogP contribution < -0.4 is 14.8 Å². The zero-order valence-electron chi connectivity index (χ0n) is 11.6. The average Bonchev–Trinajstić information content (AvgIpc) is 3.22. The molecule has 0 spiro atoms. The Bertz CT molecular complexity index is 873. The smallest absolute Gasteiger partial charge is 0.231 e. The highest BCUT2D eigenvalue weighted by Gasteiger charge is 2.28. The number of nitrogens with zero attached hydrogens (tertiary/aromatic N) is 2. The first-order valence-electron chi connectivity index (χ1n) is 7.06. The fourth-order valence-electron chi connectivity index (χ4n) is 2.99. The van der Waals surface area contributed by atoms with Gasteiger partial charge in [0.15, 0.2) is 11.5 Å². The Labute approximate surface area is 126 Å². The normalized spacial score (nSPS) is 13.8. The van der Waals surface area contributed by atoms with E-state index in [1.807, 2.05) is 24.3 Å². The van der Waals surface area contributed by atoms with Crippen molar-refractivity contribution >= 4 is 11.5 Å². The van der Waals surface area contributed by atoms with E-state index >= 15 is 0 Å². The largest absolute Gasteiger partial charge is 0.454 e. The van der Waals surface area contributed by atoms with Crippen LogP contribution in [-0.2, 0) is 6.42 Å². The summed E-state index contributed by atoms with van der Waals surface area (Å²) in [7, 11) is 0. The minimum Gasteiger partial charge on any atom is -0.454 e. The minimum atomic E-state index is 0.291. The molecule has 0 bridgehead atoms. The summed E-state index contributed by atoms with van der Waals surface area (Å²) in [6.07, 6.45) is 4.35. The van der Waals surface area contributed by atoms with Crippen LogP contribution in [0.25, 0.3) is 11.3 Å². The second-order valence-electron chi connectivity index (χ2n) is 5.33. The number of anilines is 2. The van der Waals surface area contributed by atoms with E-state index in [2.05, 4.69) is 20.5 Å². The lowest BCUT2D eigenvalue weighted by Gasteiger charge is -2.05. The summed E-state index contributed by atoms with van der Waals surface area (Å²) in [6, 6.07) is 7.93. The number of rotatable bonds is 2. The number of ether oxygens (including phenoxy) is 2. The molecule has 0 atom stereocenters. The summed E-state index contributed by atoms with van der Waals surface area (Å²) in [6.45, 7) is 0.291. The first-order valence-corrected chi connectivity index (χ1v) is 7.06. The highest BCUT2D eigenvalue weighted by Crippen LogP contribution is 2.45. The lowest BCUT2D eigenvalue weighted by atomic mass is 10.1. The molecule has 2 N–H and O–H groups in total. The van der Waals surface area contributed by atoms with Crippen molar-refractivity contribution in [1.82, 2.24) is 15.2 Å². The zero-order chi connectivity index (χ0) is 14.5. The molecular formula is C16H12N4O2. The molecule has 1 aliphatic carbocycles. The van der Waals surface area contributed by atoms with Crippen LogP contribution in [0, 0.1) is 0 Å². The molecule has 108 valence electrons. The van der Waals surface area contributed by atoms with Crippen LogP contribution in [0.5, 0.6) is 11.5 Å². The van der Waals surface area contributed by atoms with Crippen molar-refractivity contribution < 1.29 is 9.47 Å². The van der Waals surface area contributed by atoms with Gasteiger partial charge in [-0.1, -0.05) is 0 Å². The van der Waals surface area contributed by atoms with Gasteiger partial charge in [0.2, 0.25) is 6.79 Å². The van der Waals surface area contributed by atoms with Gasteiger partial charge in [-0.15, -0.1) is 0 Å². The van der Waals surface area contributed by atoms with Crippen molar-refractivity contribution in [3.63, 3.8) is 0 Å². The number of H-pyrrole nitrogens is 1. The van der Waals surface area contributed by atoms with Crippen molar-refractivity contribution in [2.45, 2.75) is 6.42 Å². The molecular weight excluding hydrogens is 280 g/mol. The molecule has 0 amide bonds. The summed E-state index contributed by atoms with van der Waals surface area (Å²) in [5.41, 5.74) is 5.38. The molecule has 2 aliphatic rings. The molecule has 6 nitrogen and oxygen atoms in total. The number of fused-ring (bicyclic) bond motifs is 4. The van der Waals surface area contributed by atoms with Crippen LogP contribution in [0.2, 0.25) is 0 Å². The molecule has 1 aliphatic heterocycles. The second kappa shape index (κ2) is 4.24. The molecule has 1 aromatic carbocycles. The van der Waals surface area contributed by atoms with Gasteiger partial charge in [-0.25, -0.2) is 0 Å². The third-order valence-corrected chi connectivity index (χ3v) is 4.02. The molecule has 0 unspecified atom stereocenters. The van der Waals surface area contributed by atoms with Crippen molar-refractivity contribution in [2.24, 2.45) is 0 Å². The fourth-order valence-corrected chi connectivity index (χ4v) is 2.99. The molecule has 0 radical (unpaired) electrons. The number of hydrogen-bond acceptors (Lipinski definition) is 5. The first kappa shape index (κ1) is 11.6. The summed E-state index contributed by atoms with van der Waals surface area (Å²) in [5, 5.41) is 10.9. The predicted octanol–water partition coefficient (Wildman–Crippen LogP) is 2.85. The Morgan fingerprint density at radius 1 is 1.18 bits per heavy atom. The molecule has 0 saturated carbocycles. The maximum atomic E-state index is 5.46. The van der Waals surface area contributed by atoms with Crippen molar-refractivity contribution in [2.75, 3.05) is 12.1 Å². The van der Waals surface area contributed by atoms with Gasteiger partial charge in [-0.2, -0.15) is 5.10 Å². The van der Waals surface area contributed by atoms with Crippen LogP contribution in [0.1, 0.15) is 11.1 Å². The van der Waals surface area contributed by atoms with E-state index < -0.39 is 0 Å². The van der Waals surface area contributed by atoms with Crippen molar-refractivity contribution in [3.05, 3.63) is 47.8 Å². The lowest BCUT2D eigenvalue weighted by Crippen LogP contribution is -1.95. The molecule has 2 aromatic heterocycles. The summed E-state index contributed by atoms with van der Waals surface area (Å²) in [4.78, 5) is 4.11. The van der Waals surface area contributed by atoms with Gasteiger partial charge >= 0.3 is 0 Å². The van der Waals surface area contributed by atoms with E-state index in [1.165, 1.54) is 5.56 Å². The number of aromatic amines is 1. The Balaban J connectivity index is 1.55. The maximum absolute atomic E-state index is 5.46. The lowest BCUT2D eigenvalue weighted by molar-refractivity contribution is 0.174. The van der Waals surface area contributed by atoms with Crippen molar-refractivity contribution in [1.29, 1.82) is 0 Å². The third-order valence-electron chi connectivity index (χ3n) is 4.02. The van der Waals surface area contributed by atoms with Crippen LogP contribution in [0.3, 0.4) is 0 Å². The van der Waals surface area contributed by atoms with Crippen LogP contribution in [-0.4, -0.2) is 22.0 Å². The average molecular weight is 292 g/mol. The summed E-state index contributed by atoms with van der Waals surface area (Å²) < 4.78 is 10.9. The first-order chi connectivity index (χ1) is 10.9. The van der Waals surface area contributed by atoms with E-state index in [0.29, 0.717) is 6.79 Å². The summed E-state index contributed by atoms with van der Waals surface area (Å²) >= 11 is 0.